The number of aryl methyl sites for hydroxylation is 1. The molecule has 0 heterocycles. The van der Waals surface area contributed by atoms with Gasteiger partial charge in [0.05, 0.1) is 0 Å². The second kappa shape index (κ2) is 18.6. The van der Waals surface area contributed by atoms with Gasteiger partial charge < -0.3 is 0 Å². The van der Waals surface area contributed by atoms with E-state index in [1.807, 2.05) is 0 Å². The quantitative estimate of drug-likeness (QED) is 0.323. The van der Waals surface area contributed by atoms with E-state index < -0.39 is 0 Å². The molecular weight excluding hydrogens is 287 g/mol. The van der Waals surface area contributed by atoms with Crippen molar-refractivity contribution in [3.05, 3.63) is 35.9 Å². The van der Waals surface area contributed by atoms with Crippen LogP contribution in [0.2, 0.25) is 0 Å². The molecule has 0 saturated heterocycles. The molecule has 0 N–H and O–H groups in total. The van der Waals surface area contributed by atoms with Crippen LogP contribution in [-0.4, -0.2) is 0 Å². The molecular formula is C22H38Na+. The molecule has 0 unspecified atom stereocenters. The Hall–Kier alpha value is 0.220. The van der Waals surface area contributed by atoms with Gasteiger partial charge in [0.1, 0.15) is 0 Å². The molecule has 1 heteroatoms. The fourth-order valence-electron chi connectivity index (χ4n) is 3.17. The van der Waals surface area contributed by atoms with Gasteiger partial charge in [-0.3, -0.25) is 0 Å². The number of unbranched alkanes of at least 4 members (excludes halogenated alkanes) is 13. The fraction of sp³-hybridized carbons (Fsp3) is 0.727. The maximum Gasteiger partial charge on any atom is 1.00 e. The predicted molar refractivity (Wildman–Crippen MR) is 100 cm³/mol. The van der Waals surface area contributed by atoms with Crippen LogP contribution in [0.5, 0.6) is 0 Å². The van der Waals surface area contributed by atoms with Crippen LogP contribution >= 0.6 is 0 Å². The zero-order valence-electron chi connectivity index (χ0n) is 16.0. The van der Waals surface area contributed by atoms with Crippen LogP contribution in [0.15, 0.2) is 30.3 Å². The van der Waals surface area contributed by atoms with E-state index in [0.29, 0.717) is 0 Å². The summed E-state index contributed by atoms with van der Waals surface area (Å²) >= 11 is 0. The predicted octanol–water partition coefficient (Wildman–Crippen LogP) is 4.71. The summed E-state index contributed by atoms with van der Waals surface area (Å²) in [6, 6.07) is 10.9. The Morgan fingerprint density at radius 3 is 1.35 bits per heavy atom. The van der Waals surface area contributed by atoms with Gasteiger partial charge in [0.2, 0.25) is 0 Å². The van der Waals surface area contributed by atoms with Crippen molar-refractivity contribution in [1.29, 1.82) is 0 Å². The van der Waals surface area contributed by atoms with Crippen LogP contribution in [0.25, 0.3) is 0 Å². The number of benzene rings is 1. The molecule has 0 aliphatic rings. The van der Waals surface area contributed by atoms with Gasteiger partial charge in [0.15, 0.2) is 0 Å². The maximum absolute atomic E-state index is 2.29. The van der Waals surface area contributed by atoms with Gasteiger partial charge in [0, 0.05) is 0 Å². The second-order valence-corrected chi connectivity index (χ2v) is 6.83. The van der Waals surface area contributed by atoms with Crippen molar-refractivity contribution in [3.8, 4) is 0 Å². The number of rotatable bonds is 15. The molecule has 0 atom stereocenters. The van der Waals surface area contributed by atoms with Crippen molar-refractivity contribution >= 4 is 0 Å². The second-order valence-electron chi connectivity index (χ2n) is 6.83. The Morgan fingerprint density at radius 2 is 0.913 bits per heavy atom. The van der Waals surface area contributed by atoms with Crippen LogP contribution in [0.1, 0.15) is 102 Å². The van der Waals surface area contributed by atoms with E-state index in [1.54, 1.807) is 0 Å². The van der Waals surface area contributed by atoms with E-state index in [0.717, 1.165) is 0 Å². The summed E-state index contributed by atoms with van der Waals surface area (Å²) in [4.78, 5) is 0. The first-order valence-corrected chi connectivity index (χ1v) is 9.97. The molecule has 0 radical (unpaired) electrons. The zero-order chi connectivity index (χ0) is 15.7. The molecule has 0 bridgehead atoms. The van der Waals surface area contributed by atoms with Crippen LogP contribution < -0.4 is 29.6 Å². The molecule has 1 rings (SSSR count). The van der Waals surface area contributed by atoms with Crippen LogP contribution in [0.4, 0.5) is 0 Å². The van der Waals surface area contributed by atoms with Crippen molar-refractivity contribution in [2.75, 3.05) is 0 Å². The first-order chi connectivity index (χ1) is 10.9. The van der Waals surface area contributed by atoms with Gasteiger partial charge in [-0.15, -0.1) is 0 Å². The standard InChI is InChI=1S/C22H38.Na/c1-2-3-4-5-6-7-8-9-10-11-12-13-14-16-19-22-20-17-15-18-21-22;/h15,17-18,20-21H,2-14,16,19H2,1H3;/q;+1. The van der Waals surface area contributed by atoms with Crippen molar-refractivity contribution in [3.63, 3.8) is 0 Å². The molecule has 0 fully saturated rings. The Morgan fingerprint density at radius 1 is 0.522 bits per heavy atom. The summed E-state index contributed by atoms with van der Waals surface area (Å²) < 4.78 is 0. The van der Waals surface area contributed by atoms with E-state index in [9.17, 15) is 0 Å². The molecule has 0 aliphatic heterocycles. The molecule has 0 amide bonds. The van der Waals surface area contributed by atoms with Crippen molar-refractivity contribution < 1.29 is 29.6 Å². The van der Waals surface area contributed by atoms with E-state index in [4.69, 9.17) is 0 Å². The van der Waals surface area contributed by atoms with Crippen molar-refractivity contribution in [2.45, 2.75) is 103 Å². The smallest absolute Gasteiger partial charge is 0.0654 e. The first-order valence-electron chi connectivity index (χ1n) is 9.97. The normalized spacial score (nSPS) is 10.5. The topological polar surface area (TPSA) is 0 Å². The summed E-state index contributed by atoms with van der Waals surface area (Å²) in [6.07, 6.45) is 21.5. The van der Waals surface area contributed by atoms with Crippen molar-refractivity contribution in [2.24, 2.45) is 0 Å². The van der Waals surface area contributed by atoms with E-state index >= 15 is 0 Å². The van der Waals surface area contributed by atoms with E-state index in [2.05, 4.69) is 37.3 Å². The molecule has 23 heavy (non-hydrogen) atoms. The average molecular weight is 326 g/mol. The van der Waals surface area contributed by atoms with Crippen molar-refractivity contribution in [1.82, 2.24) is 0 Å². The monoisotopic (exact) mass is 325 g/mol. The molecule has 126 valence electrons. The van der Waals surface area contributed by atoms with Gasteiger partial charge in [-0.05, 0) is 18.4 Å². The van der Waals surface area contributed by atoms with Gasteiger partial charge in [0.25, 0.3) is 0 Å². The fourth-order valence-corrected chi connectivity index (χ4v) is 3.17. The minimum absolute atomic E-state index is 0. The third-order valence-electron chi connectivity index (χ3n) is 4.66. The third-order valence-corrected chi connectivity index (χ3v) is 4.66. The molecule has 0 nitrogen and oxygen atoms in total. The van der Waals surface area contributed by atoms with Gasteiger partial charge in [-0.1, -0.05) is 121 Å². The Labute approximate surface area is 168 Å². The number of hydrogen-bond acceptors (Lipinski definition) is 0. The zero-order valence-corrected chi connectivity index (χ0v) is 18.0. The summed E-state index contributed by atoms with van der Waals surface area (Å²) in [5.74, 6) is 0. The first kappa shape index (κ1) is 23.2. The average Bonchev–Trinajstić information content (AvgIpc) is 2.56. The van der Waals surface area contributed by atoms with Gasteiger partial charge in [-0.2, -0.15) is 0 Å². The summed E-state index contributed by atoms with van der Waals surface area (Å²) in [5.41, 5.74) is 1.50. The van der Waals surface area contributed by atoms with Gasteiger partial charge >= 0.3 is 29.6 Å². The Bertz CT molecular complexity index is 320. The Balaban J connectivity index is 0.00000484. The molecule has 0 saturated carbocycles. The van der Waals surface area contributed by atoms with E-state index in [1.165, 1.54) is 102 Å². The maximum atomic E-state index is 2.29. The molecule has 0 spiro atoms. The largest absolute Gasteiger partial charge is 1.00 e. The molecule has 0 aliphatic carbocycles. The molecule has 1 aromatic carbocycles. The number of hydrogen-bond donors (Lipinski definition) is 0. The summed E-state index contributed by atoms with van der Waals surface area (Å²) in [7, 11) is 0. The molecule has 0 aromatic heterocycles. The third kappa shape index (κ3) is 15.5. The van der Waals surface area contributed by atoms with Crippen LogP contribution in [0, 0.1) is 0 Å². The van der Waals surface area contributed by atoms with Gasteiger partial charge in [-0.25, -0.2) is 0 Å². The Kier molecular flexibility index (Phi) is 18.7. The SMILES string of the molecule is CCCCCCCCCCCCCCCCc1ccccc1.[Na+]. The molecule has 1 aromatic rings. The van der Waals surface area contributed by atoms with Crippen LogP contribution in [-0.2, 0) is 6.42 Å². The minimum atomic E-state index is 0. The minimum Gasteiger partial charge on any atom is -0.0654 e. The summed E-state index contributed by atoms with van der Waals surface area (Å²) in [6.45, 7) is 2.29. The van der Waals surface area contributed by atoms with Crippen LogP contribution in [0.3, 0.4) is 0 Å². The van der Waals surface area contributed by atoms with E-state index in [-0.39, 0.29) is 29.6 Å². The summed E-state index contributed by atoms with van der Waals surface area (Å²) in [5, 5.41) is 0.